The Labute approximate surface area is 124 Å². The molecule has 1 saturated carbocycles. The Morgan fingerprint density at radius 2 is 1.81 bits per heavy atom. The molecule has 0 atom stereocenters. The van der Waals surface area contributed by atoms with Crippen LogP contribution in [0.1, 0.15) is 36.8 Å². The Balaban J connectivity index is 1.70. The lowest BCUT2D eigenvalue weighted by Gasteiger charge is -2.29. The largest absolute Gasteiger partial charge is 0.481 e. The zero-order valence-corrected chi connectivity index (χ0v) is 12.3. The number of hydrogen-bond acceptors (Lipinski definition) is 2. The molecule has 1 N–H and O–H groups in total. The maximum absolute atomic E-state index is 12.7. The molecule has 3 rings (SSSR count). The quantitative estimate of drug-likeness (QED) is 0.910. The van der Waals surface area contributed by atoms with E-state index in [9.17, 15) is 9.59 Å². The van der Waals surface area contributed by atoms with Crippen molar-refractivity contribution in [2.45, 2.75) is 39.0 Å². The first kappa shape index (κ1) is 14.1. The molecular weight excluding hydrogens is 266 g/mol. The Morgan fingerprint density at radius 3 is 2.48 bits per heavy atom. The SMILES string of the molecule is Cc1ccc2c(c1)CCN2C(=O)C1CCC(C(=O)O)CC1. The van der Waals surface area contributed by atoms with E-state index in [0.29, 0.717) is 25.7 Å². The fraction of sp³-hybridized carbons (Fsp3) is 0.529. The molecule has 1 aromatic carbocycles. The first-order chi connectivity index (χ1) is 10.1. The summed E-state index contributed by atoms with van der Waals surface area (Å²) in [4.78, 5) is 25.6. The maximum Gasteiger partial charge on any atom is 0.306 e. The molecule has 21 heavy (non-hydrogen) atoms. The monoisotopic (exact) mass is 287 g/mol. The third-order valence-corrected chi connectivity index (χ3v) is 4.82. The predicted octanol–water partition coefficient (Wildman–Crippen LogP) is 2.78. The summed E-state index contributed by atoms with van der Waals surface area (Å²) in [5.74, 6) is -0.806. The molecule has 0 spiro atoms. The highest BCUT2D eigenvalue weighted by Gasteiger charge is 2.34. The topological polar surface area (TPSA) is 57.6 Å². The van der Waals surface area contributed by atoms with Crippen LogP contribution in [0, 0.1) is 18.8 Å². The van der Waals surface area contributed by atoms with E-state index >= 15 is 0 Å². The van der Waals surface area contributed by atoms with Crippen LogP contribution in [0.15, 0.2) is 18.2 Å². The minimum absolute atomic E-state index is 0.00662. The molecule has 1 aromatic rings. The third kappa shape index (κ3) is 2.67. The van der Waals surface area contributed by atoms with Gasteiger partial charge in [-0.1, -0.05) is 17.7 Å². The van der Waals surface area contributed by atoms with Crippen LogP contribution >= 0.6 is 0 Å². The van der Waals surface area contributed by atoms with Crippen LogP contribution in [0.4, 0.5) is 5.69 Å². The smallest absolute Gasteiger partial charge is 0.306 e. The number of aryl methyl sites for hydroxylation is 1. The van der Waals surface area contributed by atoms with Crippen molar-refractivity contribution >= 4 is 17.6 Å². The molecule has 0 saturated heterocycles. The van der Waals surface area contributed by atoms with Gasteiger partial charge in [0.1, 0.15) is 0 Å². The summed E-state index contributed by atoms with van der Waals surface area (Å²) in [6.07, 6.45) is 3.58. The summed E-state index contributed by atoms with van der Waals surface area (Å²) in [5, 5.41) is 9.04. The van der Waals surface area contributed by atoms with E-state index in [4.69, 9.17) is 5.11 Å². The second-order valence-corrected chi connectivity index (χ2v) is 6.26. The fourth-order valence-electron chi connectivity index (χ4n) is 3.57. The molecule has 1 aliphatic heterocycles. The Hall–Kier alpha value is -1.84. The minimum Gasteiger partial charge on any atom is -0.481 e. The van der Waals surface area contributed by atoms with Gasteiger partial charge in [-0.05, 0) is 50.7 Å². The number of nitrogens with zero attached hydrogens (tertiary/aromatic N) is 1. The highest BCUT2D eigenvalue weighted by atomic mass is 16.4. The lowest BCUT2D eigenvalue weighted by Crippen LogP contribution is -2.37. The number of carboxylic acids is 1. The van der Waals surface area contributed by atoms with Crippen molar-refractivity contribution in [3.8, 4) is 0 Å². The Kier molecular flexibility index (Phi) is 3.70. The van der Waals surface area contributed by atoms with Crippen molar-refractivity contribution in [3.63, 3.8) is 0 Å². The predicted molar refractivity (Wildman–Crippen MR) is 80.3 cm³/mol. The zero-order valence-electron chi connectivity index (χ0n) is 12.3. The van der Waals surface area contributed by atoms with Crippen LogP contribution in [0.5, 0.6) is 0 Å². The van der Waals surface area contributed by atoms with Gasteiger partial charge < -0.3 is 10.0 Å². The van der Waals surface area contributed by atoms with Gasteiger partial charge in [0, 0.05) is 18.2 Å². The van der Waals surface area contributed by atoms with Crippen LogP contribution in [0.25, 0.3) is 0 Å². The Morgan fingerprint density at radius 1 is 1.14 bits per heavy atom. The molecule has 1 aliphatic carbocycles. The Bertz CT molecular complexity index is 573. The molecule has 0 aromatic heterocycles. The van der Waals surface area contributed by atoms with Gasteiger partial charge in [0.15, 0.2) is 0 Å². The average molecular weight is 287 g/mol. The number of amides is 1. The number of fused-ring (bicyclic) bond motifs is 1. The van der Waals surface area contributed by atoms with Gasteiger partial charge in [0.2, 0.25) is 5.91 Å². The van der Waals surface area contributed by atoms with E-state index in [1.54, 1.807) is 0 Å². The van der Waals surface area contributed by atoms with Gasteiger partial charge in [-0.25, -0.2) is 0 Å². The van der Waals surface area contributed by atoms with Gasteiger partial charge in [-0.3, -0.25) is 9.59 Å². The molecule has 112 valence electrons. The molecule has 2 aliphatic rings. The second-order valence-electron chi connectivity index (χ2n) is 6.26. The van der Waals surface area contributed by atoms with E-state index in [1.807, 2.05) is 17.0 Å². The van der Waals surface area contributed by atoms with Crippen LogP contribution in [-0.2, 0) is 16.0 Å². The van der Waals surface area contributed by atoms with Crippen molar-refractivity contribution in [1.29, 1.82) is 0 Å². The van der Waals surface area contributed by atoms with E-state index in [2.05, 4.69) is 13.0 Å². The fourth-order valence-corrected chi connectivity index (χ4v) is 3.57. The molecule has 1 fully saturated rings. The van der Waals surface area contributed by atoms with Gasteiger partial charge in [-0.2, -0.15) is 0 Å². The number of carbonyl (C=O) groups excluding carboxylic acids is 1. The summed E-state index contributed by atoms with van der Waals surface area (Å²) in [6.45, 7) is 2.83. The minimum atomic E-state index is -0.720. The number of rotatable bonds is 2. The van der Waals surface area contributed by atoms with Crippen molar-refractivity contribution < 1.29 is 14.7 Å². The van der Waals surface area contributed by atoms with Crippen LogP contribution in [-0.4, -0.2) is 23.5 Å². The molecule has 1 amide bonds. The van der Waals surface area contributed by atoms with Gasteiger partial charge in [0.25, 0.3) is 0 Å². The van der Waals surface area contributed by atoms with E-state index in [1.165, 1.54) is 11.1 Å². The van der Waals surface area contributed by atoms with Crippen molar-refractivity contribution in [2.24, 2.45) is 11.8 Å². The molecule has 1 heterocycles. The number of carbonyl (C=O) groups is 2. The highest BCUT2D eigenvalue weighted by molar-refractivity contribution is 5.97. The summed E-state index contributed by atoms with van der Waals surface area (Å²) in [7, 11) is 0. The first-order valence-corrected chi connectivity index (χ1v) is 7.70. The van der Waals surface area contributed by atoms with Crippen molar-refractivity contribution in [1.82, 2.24) is 0 Å². The van der Waals surface area contributed by atoms with E-state index in [-0.39, 0.29) is 17.7 Å². The lowest BCUT2D eigenvalue weighted by molar-refractivity contribution is -0.144. The van der Waals surface area contributed by atoms with Crippen LogP contribution < -0.4 is 4.90 Å². The maximum atomic E-state index is 12.7. The molecule has 4 nitrogen and oxygen atoms in total. The molecule has 0 radical (unpaired) electrons. The number of benzene rings is 1. The summed E-state index contributed by atoms with van der Waals surface area (Å²) >= 11 is 0. The normalized spacial score (nSPS) is 24.7. The molecular formula is C17H21NO3. The van der Waals surface area contributed by atoms with Gasteiger partial charge >= 0.3 is 5.97 Å². The van der Waals surface area contributed by atoms with Crippen molar-refractivity contribution in [2.75, 3.05) is 11.4 Å². The van der Waals surface area contributed by atoms with Crippen LogP contribution in [0.2, 0.25) is 0 Å². The molecule has 0 bridgehead atoms. The molecule has 0 unspecified atom stereocenters. The standard InChI is InChI=1S/C17H21NO3/c1-11-2-7-15-14(10-11)8-9-18(15)16(19)12-3-5-13(6-4-12)17(20)21/h2,7,10,12-13H,3-6,8-9H2,1H3,(H,20,21). The van der Waals surface area contributed by atoms with E-state index in [0.717, 1.165) is 18.7 Å². The van der Waals surface area contributed by atoms with Crippen molar-refractivity contribution in [3.05, 3.63) is 29.3 Å². The molecule has 4 heteroatoms. The second kappa shape index (κ2) is 5.51. The average Bonchev–Trinajstić information content (AvgIpc) is 2.89. The van der Waals surface area contributed by atoms with Gasteiger partial charge in [0.05, 0.1) is 5.92 Å². The lowest BCUT2D eigenvalue weighted by atomic mass is 9.81. The van der Waals surface area contributed by atoms with Crippen LogP contribution in [0.3, 0.4) is 0 Å². The number of hydrogen-bond donors (Lipinski definition) is 1. The first-order valence-electron chi connectivity index (χ1n) is 7.70. The van der Waals surface area contributed by atoms with E-state index < -0.39 is 5.97 Å². The van der Waals surface area contributed by atoms with Gasteiger partial charge in [-0.15, -0.1) is 0 Å². The number of carboxylic acid groups (broad SMARTS) is 1. The summed E-state index contributed by atoms with van der Waals surface area (Å²) in [6, 6.07) is 6.24. The number of anilines is 1. The summed E-state index contributed by atoms with van der Waals surface area (Å²) < 4.78 is 0. The highest BCUT2D eigenvalue weighted by Crippen LogP contribution is 2.35. The third-order valence-electron chi connectivity index (χ3n) is 4.82. The summed E-state index contributed by atoms with van der Waals surface area (Å²) in [5.41, 5.74) is 3.53. The zero-order chi connectivity index (χ0) is 15.0. The number of aliphatic carboxylic acids is 1.